The van der Waals surface area contributed by atoms with E-state index in [1.807, 2.05) is 0 Å². The molecular weight excluding hydrogens is 351 g/mol. The highest BCUT2D eigenvalue weighted by Crippen LogP contribution is 2.29. The molecule has 0 amide bonds. The summed E-state index contributed by atoms with van der Waals surface area (Å²) in [5.74, 6) is -0.669. The van der Waals surface area contributed by atoms with Gasteiger partial charge in [-0.15, -0.1) is 0 Å². The van der Waals surface area contributed by atoms with Gasteiger partial charge in [0.15, 0.2) is 5.82 Å². The summed E-state index contributed by atoms with van der Waals surface area (Å²) in [6, 6.07) is 8.88. The number of anilines is 1. The van der Waals surface area contributed by atoms with Gasteiger partial charge < -0.3 is 5.32 Å². The van der Waals surface area contributed by atoms with Gasteiger partial charge in [-0.25, -0.2) is 4.39 Å². The Morgan fingerprint density at radius 1 is 1.35 bits per heavy atom. The molecule has 0 aliphatic carbocycles. The Hall–Kier alpha value is -1.66. The van der Waals surface area contributed by atoms with E-state index >= 15 is 0 Å². The molecule has 0 aliphatic heterocycles. The molecule has 4 nitrogen and oxygen atoms in total. The first-order chi connectivity index (χ1) is 9.49. The lowest BCUT2D eigenvalue weighted by Crippen LogP contribution is -2.05. The maximum atomic E-state index is 13.7. The molecule has 1 N–H and O–H groups in total. The van der Waals surface area contributed by atoms with E-state index in [4.69, 9.17) is 11.6 Å². The fraction of sp³-hybridized carbons (Fsp3) is 0.0769. The van der Waals surface area contributed by atoms with Gasteiger partial charge in [-0.05, 0) is 29.8 Å². The highest BCUT2D eigenvalue weighted by molar-refractivity contribution is 9.10. The molecule has 0 radical (unpaired) electrons. The van der Waals surface area contributed by atoms with E-state index in [1.54, 1.807) is 18.2 Å². The second-order valence-corrected chi connectivity index (χ2v) is 5.27. The lowest BCUT2D eigenvalue weighted by molar-refractivity contribution is -0.384. The van der Waals surface area contributed by atoms with Crippen LogP contribution in [0.3, 0.4) is 0 Å². The van der Waals surface area contributed by atoms with Crippen LogP contribution in [0.15, 0.2) is 40.9 Å². The zero-order valence-electron chi connectivity index (χ0n) is 10.1. The number of nitrogens with one attached hydrogen (secondary N) is 1. The van der Waals surface area contributed by atoms with Crippen molar-refractivity contribution in [2.75, 3.05) is 5.32 Å². The van der Waals surface area contributed by atoms with Crippen LogP contribution in [0.5, 0.6) is 0 Å². The highest BCUT2D eigenvalue weighted by atomic mass is 79.9. The van der Waals surface area contributed by atoms with Gasteiger partial charge in [-0.2, -0.15) is 0 Å². The number of nitrogens with zero attached hydrogens (tertiary/aromatic N) is 1. The lowest BCUT2D eigenvalue weighted by Gasteiger charge is -2.10. The van der Waals surface area contributed by atoms with Crippen molar-refractivity contribution in [2.45, 2.75) is 6.54 Å². The fourth-order valence-electron chi connectivity index (χ4n) is 1.70. The third-order valence-electron chi connectivity index (χ3n) is 2.65. The van der Waals surface area contributed by atoms with E-state index in [-0.39, 0.29) is 17.9 Å². The molecule has 0 atom stereocenters. The summed E-state index contributed by atoms with van der Waals surface area (Å²) >= 11 is 9.22. The second kappa shape index (κ2) is 6.19. The van der Waals surface area contributed by atoms with E-state index < -0.39 is 10.7 Å². The van der Waals surface area contributed by atoms with Crippen LogP contribution in [0.1, 0.15) is 5.56 Å². The number of benzene rings is 2. The molecule has 0 heterocycles. The van der Waals surface area contributed by atoms with Crippen LogP contribution < -0.4 is 5.32 Å². The Morgan fingerprint density at radius 3 is 2.80 bits per heavy atom. The fourth-order valence-corrected chi connectivity index (χ4v) is 2.28. The maximum absolute atomic E-state index is 13.7. The summed E-state index contributed by atoms with van der Waals surface area (Å²) in [5, 5.41) is 14.2. The summed E-state index contributed by atoms with van der Waals surface area (Å²) < 4.78 is 14.5. The molecule has 0 spiro atoms. The van der Waals surface area contributed by atoms with Crippen molar-refractivity contribution in [3.05, 3.63) is 67.4 Å². The minimum Gasteiger partial charge on any atom is -0.373 e. The number of hydrogen-bond donors (Lipinski definition) is 1. The van der Waals surface area contributed by atoms with Crippen LogP contribution in [0.4, 0.5) is 15.8 Å². The average Bonchev–Trinajstić information content (AvgIpc) is 2.40. The third kappa shape index (κ3) is 3.26. The number of nitro groups is 1. The molecule has 0 aromatic heterocycles. The molecule has 0 bridgehead atoms. The predicted molar refractivity (Wildman–Crippen MR) is 79.5 cm³/mol. The molecule has 0 fully saturated rings. The minimum atomic E-state index is -0.669. The van der Waals surface area contributed by atoms with Crippen LogP contribution in [0, 0.1) is 15.9 Å². The second-order valence-electron chi connectivity index (χ2n) is 3.98. The zero-order chi connectivity index (χ0) is 14.7. The summed E-state index contributed by atoms with van der Waals surface area (Å²) in [4.78, 5) is 10.2. The van der Waals surface area contributed by atoms with Crippen LogP contribution in [-0.4, -0.2) is 4.92 Å². The highest BCUT2D eigenvalue weighted by Gasteiger charge is 2.17. The van der Waals surface area contributed by atoms with Crippen molar-refractivity contribution in [3.63, 3.8) is 0 Å². The first kappa shape index (κ1) is 14.7. The van der Waals surface area contributed by atoms with E-state index in [0.717, 1.165) is 10.0 Å². The standard InChI is InChI=1S/C13H9BrClFN2O2/c14-10-5-4-9(15)6-8(10)7-17-13-11(16)2-1-3-12(13)18(19)20/h1-6,17H,7H2. The van der Waals surface area contributed by atoms with Gasteiger partial charge in [-0.1, -0.05) is 33.6 Å². The van der Waals surface area contributed by atoms with Gasteiger partial charge in [0.05, 0.1) is 4.92 Å². The van der Waals surface area contributed by atoms with E-state index in [9.17, 15) is 14.5 Å². The molecule has 0 unspecified atom stereocenters. The van der Waals surface area contributed by atoms with Crippen molar-refractivity contribution in [3.8, 4) is 0 Å². The van der Waals surface area contributed by atoms with Crippen molar-refractivity contribution in [2.24, 2.45) is 0 Å². The van der Waals surface area contributed by atoms with Gasteiger partial charge in [0.25, 0.3) is 5.69 Å². The molecule has 2 rings (SSSR count). The van der Waals surface area contributed by atoms with E-state index in [0.29, 0.717) is 5.02 Å². The van der Waals surface area contributed by atoms with Gasteiger partial charge in [-0.3, -0.25) is 10.1 Å². The molecule has 0 aliphatic rings. The van der Waals surface area contributed by atoms with Gasteiger partial charge in [0, 0.05) is 22.1 Å². The van der Waals surface area contributed by atoms with Crippen molar-refractivity contribution >= 4 is 38.9 Å². The van der Waals surface area contributed by atoms with E-state index in [1.165, 1.54) is 18.2 Å². The SMILES string of the molecule is O=[N+]([O-])c1cccc(F)c1NCc1cc(Cl)ccc1Br. The van der Waals surface area contributed by atoms with Gasteiger partial charge in [0.2, 0.25) is 0 Å². The quantitative estimate of drug-likeness (QED) is 0.632. The normalized spacial score (nSPS) is 10.3. The number of nitro benzene ring substituents is 1. The Bertz CT molecular complexity index is 667. The number of rotatable bonds is 4. The van der Waals surface area contributed by atoms with Crippen molar-refractivity contribution in [1.82, 2.24) is 0 Å². The predicted octanol–water partition coefficient (Wildman–Crippen LogP) is 4.76. The Kier molecular flexibility index (Phi) is 4.57. The number of halogens is 3. The van der Waals surface area contributed by atoms with Crippen LogP contribution in [0.25, 0.3) is 0 Å². The summed E-state index contributed by atoms with van der Waals surface area (Å²) in [5.41, 5.74) is 0.336. The summed E-state index contributed by atoms with van der Waals surface area (Å²) in [7, 11) is 0. The lowest BCUT2D eigenvalue weighted by atomic mass is 10.2. The Labute approximate surface area is 127 Å². The zero-order valence-corrected chi connectivity index (χ0v) is 12.4. The largest absolute Gasteiger partial charge is 0.373 e. The smallest absolute Gasteiger partial charge is 0.295 e. The Balaban J connectivity index is 2.27. The van der Waals surface area contributed by atoms with Crippen molar-refractivity contribution in [1.29, 1.82) is 0 Å². The number of para-hydroxylation sites is 1. The van der Waals surface area contributed by atoms with Crippen LogP contribution >= 0.6 is 27.5 Å². The third-order valence-corrected chi connectivity index (χ3v) is 3.66. The number of hydrogen-bond acceptors (Lipinski definition) is 3. The van der Waals surface area contributed by atoms with Crippen LogP contribution in [0.2, 0.25) is 5.02 Å². The van der Waals surface area contributed by atoms with Crippen molar-refractivity contribution < 1.29 is 9.31 Å². The molecule has 2 aromatic carbocycles. The molecular formula is C13H9BrClFN2O2. The molecule has 0 saturated heterocycles. The van der Waals surface area contributed by atoms with Gasteiger partial charge in [0.1, 0.15) is 5.69 Å². The molecule has 2 aromatic rings. The average molecular weight is 360 g/mol. The summed E-state index contributed by atoms with van der Waals surface area (Å²) in [6.07, 6.45) is 0. The molecule has 0 saturated carbocycles. The molecule has 104 valence electrons. The Morgan fingerprint density at radius 2 is 2.10 bits per heavy atom. The first-order valence-electron chi connectivity index (χ1n) is 5.59. The maximum Gasteiger partial charge on any atom is 0.295 e. The molecule has 20 heavy (non-hydrogen) atoms. The summed E-state index contributed by atoms with van der Waals surface area (Å²) in [6.45, 7) is 0.211. The topological polar surface area (TPSA) is 55.2 Å². The monoisotopic (exact) mass is 358 g/mol. The van der Waals surface area contributed by atoms with E-state index in [2.05, 4.69) is 21.2 Å². The molecule has 7 heteroatoms. The van der Waals surface area contributed by atoms with Gasteiger partial charge >= 0.3 is 0 Å². The van der Waals surface area contributed by atoms with Crippen LogP contribution in [-0.2, 0) is 6.54 Å². The first-order valence-corrected chi connectivity index (χ1v) is 6.77. The minimum absolute atomic E-state index is 0.135.